The molecule has 1 N–H and O–H groups in total. The molecule has 0 spiro atoms. The molecule has 0 saturated heterocycles. The van der Waals surface area contributed by atoms with Crippen LogP contribution < -0.4 is 10.9 Å². The second kappa shape index (κ2) is 11.2. The molecule has 0 aliphatic heterocycles. The van der Waals surface area contributed by atoms with Gasteiger partial charge in [-0.2, -0.15) is 0 Å². The van der Waals surface area contributed by atoms with E-state index >= 15 is 0 Å². The number of hydrogen-bond acceptors (Lipinski definition) is 5. The molecule has 32 heavy (non-hydrogen) atoms. The van der Waals surface area contributed by atoms with E-state index in [1.165, 1.54) is 23.9 Å². The number of nitrogens with zero attached hydrogens (tertiary/aromatic N) is 2. The number of para-hydroxylation sites is 1. The quantitative estimate of drug-likeness (QED) is 0.279. The summed E-state index contributed by atoms with van der Waals surface area (Å²) in [6.45, 7) is 6.78. The van der Waals surface area contributed by atoms with E-state index in [0.717, 1.165) is 5.56 Å². The normalized spacial score (nSPS) is 12.3. The Kier molecular flexibility index (Phi) is 8.41. The van der Waals surface area contributed by atoms with E-state index in [9.17, 15) is 14.0 Å². The summed E-state index contributed by atoms with van der Waals surface area (Å²) in [6, 6.07) is 13.0. The van der Waals surface area contributed by atoms with Crippen LogP contribution in [0.4, 0.5) is 4.39 Å². The number of benzene rings is 2. The first-order chi connectivity index (χ1) is 15.3. The lowest BCUT2D eigenvalue weighted by atomic mass is 10.1. The van der Waals surface area contributed by atoms with Crippen LogP contribution in [0.1, 0.15) is 38.8 Å². The first-order valence-corrected chi connectivity index (χ1v) is 11.6. The number of carbonyl (C=O) groups is 1. The highest BCUT2D eigenvalue weighted by atomic mass is 32.2. The van der Waals surface area contributed by atoms with Crippen LogP contribution >= 0.6 is 11.8 Å². The lowest BCUT2D eigenvalue weighted by Crippen LogP contribution is -2.29. The summed E-state index contributed by atoms with van der Waals surface area (Å²) in [5.74, 6) is -0.398. The summed E-state index contributed by atoms with van der Waals surface area (Å²) in [6.07, 6.45) is 0.793. The number of hydrogen-bond donors (Lipinski definition) is 1. The molecule has 0 aliphatic rings. The van der Waals surface area contributed by atoms with Gasteiger partial charge >= 0.3 is 0 Å². The van der Waals surface area contributed by atoms with Gasteiger partial charge in [0.15, 0.2) is 5.16 Å². The Balaban J connectivity index is 1.71. The number of ether oxygens (including phenoxy) is 1. The minimum atomic E-state index is -0.318. The molecule has 6 nitrogen and oxygen atoms in total. The monoisotopic (exact) mass is 457 g/mol. The molecule has 170 valence electrons. The van der Waals surface area contributed by atoms with Crippen molar-refractivity contribution in [1.82, 2.24) is 14.9 Å². The molecule has 8 heteroatoms. The highest BCUT2D eigenvalue weighted by Gasteiger charge is 2.15. The van der Waals surface area contributed by atoms with Gasteiger partial charge in [-0.05, 0) is 57.0 Å². The number of nitrogens with one attached hydrogen (secondary N) is 1. The standard InChI is InChI=1S/C24H28FN3O3S/c1-16(2)31-14-6-13-28-23(30)20-7-4-5-8-21(20)27-24(28)32-15-22(29)26-17(3)18-9-11-19(25)12-10-18/h4-5,7-12,16-17H,6,13-15H2,1-3H3,(H,26,29). The fourth-order valence-corrected chi connectivity index (χ4v) is 4.08. The number of carbonyl (C=O) groups excluding carboxylic acids is 1. The first kappa shape index (κ1) is 23.9. The van der Waals surface area contributed by atoms with Gasteiger partial charge in [0.1, 0.15) is 5.82 Å². The van der Waals surface area contributed by atoms with E-state index in [1.807, 2.05) is 32.9 Å². The number of aromatic nitrogens is 2. The van der Waals surface area contributed by atoms with Crippen molar-refractivity contribution in [2.24, 2.45) is 0 Å². The van der Waals surface area contributed by atoms with Gasteiger partial charge < -0.3 is 10.1 Å². The van der Waals surface area contributed by atoms with Crippen molar-refractivity contribution >= 4 is 28.6 Å². The zero-order valence-electron chi connectivity index (χ0n) is 18.5. The van der Waals surface area contributed by atoms with Crippen molar-refractivity contribution in [3.63, 3.8) is 0 Å². The van der Waals surface area contributed by atoms with Gasteiger partial charge in [-0.25, -0.2) is 9.37 Å². The molecule has 0 bridgehead atoms. The maximum absolute atomic E-state index is 13.1. The number of amides is 1. The maximum atomic E-state index is 13.1. The molecule has 0 aliphatic carbocycles. The summed E-state index contributed by atoms with van der Waals surface area (Å²) < 4.78 is 20.3. The third-order valence-electron chi connectivity index (χ3n) is 4.88. The van der Waals surface area contributed by atoms with E-state index in [2.05, 4.69) is 10.3 Å². The van der Waals surface area contributed by atoms with Gasteiger partial charge in [-0.15, -0.1) is 0 Å². The molecule has 3 rings (SSSR count). The van der Waals surface area contributed by atoms with E-state index < -0.39 is 0 Å². The van der Waals surface area contributed by atoms with Gasteiger partial charge in [0.2, 0.25) is 5.91 Å². The highest BCUT2D eigenvalue weighted by molar-refractivity contribution is 7.99. The van der Waals surface area contributed by atoms with Gasteiger partial charge in [-0.3, -0.25) is 14.2 Å². The second-order valence-corrected chi connectivity index (χ2v) is 8.71. The van der Waals surface area contributed by atoms with E-state index in [-0.39, 0.29) is 35.2 Å². The average molecular weight is 458 g/mol. The zero-order valence-corrected chi connectivity index (χ0v) is 19.3. The van der Waals surface area contributed by atoms with E-state index in [1.54, 1.807) is 28.8 Å². The molecule has 2 aromatic carbocycles. The Hall–Kier alpha value is -2.71. The molecule has 3 aromatic rings. The van der Waals surface area contributed by atoms with Gasteiger partial charge in [0.05, 0.1) is 28.8 Å². The summed E-state index contributed by atoms with van der Waals surface area (Å²) in [7, 11) is 0. The van der Waals surface area contributed by atoms with Crippen molar-refractivity contribution < 1.29 is 13.9 Å². The third-order valence-corrected chi connectivity index (χ3v) is 5.86. The largest absolute Gasteiger partial charge is 0.379 e. The molecule has 1 unspecified atom stereocenters. The van der Waals surface area contributed by atoms with Gasteiger partial charge in [0, 0.05) is 13.2 Å². The Morgan fingerprint density at radius 3 is 2.59 bits per heavy atom. The molecule has 1 heterocycles. The number of fused-ring (bicyclic) bond motifs is 1. The highest BCUT2D eigenvalue weighted by Crippen LogP contribution is 2.19. The Bertz CT molecular complexity index is 1120. The molecule has 0 radical (unpaired) electrons. The lowest BCUT2D eigenvalue weighted by Gasteiger charge is -2.16. The molecular weight excluding hydrogens is 429 g/mol. The van der Waals surface area contributed by atoms with Crippen LogP contribution in [0.2, 0.25) is 0 Å². The van der Waals surface area contributed by atoms with Crippen LogP contribution in [0.15, 0.2) is 58.5 Å². The van der Waals surface area contributed by atoms with Crippen molar-refractivity contribution in [1.29, 1.82) is 0 Å². The van der Waals surface area contributed by atoms with Crippen LogP contribution in [0, 0.1) is 5.82 Å². The van der Waals surface area contributed by atoms with Gasteiger partial charge in [0.25, 0.3) is 5.56 Å². The second-order valence-electron chi connectivity index (χ2n) is 7.77. The molecule has 1 aromatic heterocycles. The summed E-state index contributed by atoms with van der Waals surface area (Å²) >= 11 is 1.23. The summed E-state index contributed by atoms with van der Waals surface area (Å²) in [4.78, 5) is 30.2. The predicted octanol–water partition coefficient (Wildman–Crippen LogP) is 4.32. The summed E-state index contributed by atoms with van der Waals surface area (Å²) in [5.41, 5.74) is 1.30. The van der Waals surface area contributed by atoms with Crippen LogP contribution in [-0.2, 0) is 16.1 Å². The summed E-state index contributed by atoms with van der Waals surface area (Å²) in [5, 5.41) is 3.96. The number of halogens is 1. The predicted molar refractivity (Wildman–Crippen MR) is 125 cm³/mol. The Labute approximate surface area is 191 Å². The van der Waals surface area contributed by atoms with Crippen LogP contribution in [0.5, 0.6) is 0 Å². The molecular formula is C24H28FN3O3S. The molecule has 0 saturated carbocycles. The van der Waals surface area contributed by atoms with Crippen LogP contribution in [-0.4, -0.2) is 33.9 Å². The van der Waals surface area contributed by atoms with Crippen molar-refractivity contribution in [2.45, 2.75) is 51.0 Å². The van der Waals surface area contributed by atoms with Gasteiger partial charge in [-0.1, -0.05) is 36.0 Å². The number of thioether (sulfide) groups is 1. The van der Waals surface area contributed by atoms with E-state index in [0.29, 0.717) is 35.6 Å². The average Bonchev–Trinajstić information content (AvgIpc) is 2.77. The fourth-order valence-electron chi connectivity index (χ4n) is 3.24. The minimum Gasteiger partial charge on any atom is -0.379 e. The van der Waals surface area contributed by atoms with Crippen LogP contribution in [0.3, 0.4) is 0 Å². The fraction of sp³-hybridized carbons (Fsp3) is 0.375. The number of rotatable bonds is 10. The Morgan fingerprint density at radius 1 is 1.16 bits per heavy atom. The first-order valence-electron chi connectivity index (χ1n) is 10.6. The smallest absolute Gasteiger partial charge is 0.262 e. The maximum Gasteiger partial charge on any atom is 0.262 e. The SMILES string of the molecule is CC(C)OCCCn1c(SCC(=O)NC(C)c2ccc(F)cc2)nc2ccccc2c1=O. The Morgan fingerprint density at radius 2 is 1.88 bits per heavy atom. The lowest BCUT2D eigenvalue weighted by molar-refractivity contribution is -0.119. The molecule has 0 fully saturated rings. The molecule has 1 amide bonds. The van der Waals surface area contributed by atoms with E-state index in [4.69, 9.17) is 4.74 Å². The van der Waals surface area contributed by atoms with Crippen molar-refractivity contribution in [3.05, 3.63) is 70.3 Å². The van der Waals surface area contributed by atoms with Crippen molar-refractivity contribution in [2.75, 3.05) is 12.4 Å². The van der Waals surface area contributed by atoms with Crippen LogP contribution in [0.25, 0.3) is 10.9 Å². The third kappa shape index (κ3) is 6.40. The topological polar surface area (TPSA) is 73.2 Å². The minimum absolute atomic E-state index is 0.110. The van der Waals surface area contributed by atoms with Crippen molar-refractivity contribution in [3.8, 4) is 0 Å². The molecule has 1 atom stereocenters. The zero-order chi connectivity index (χ0) is 23.1.